The van der Waals surface area contributed by atoms with Gasteiger partial charge < -0.3 is 21.3 Å². The molecule has 5 rings (SSSR count). The van der Waals surface area contributed by atoms with Gasteiger partial charge in [-0.3, -0.25) is 10.1 Å². The Balaban J connectivity index is 1.58. The maximum Gasteiger partial charge on any atom is 0.326 e. The number of fused-ring (bicyclic) bond motifs is 1. The Morgan fingerprint density at radius 1 is 1.18 bits per heavy atom. The van der Waals surface area contributed by atoms with Gasteiger partial charge in [-0.15, -0.1) is 0 Å². The van der Waals surface area contributed by atoms with Crippen LogP contribution in [0.2, 0.25) is 5.02 Å². The summed E-state index contributed by atoms with van der Waals surface area (Å²) in [6.07, 6.45) is 5.09. The quantitative estimate of drug-likeness (QED) is 0.289. The van der Waals surface area contributed by atoms with E-state index in [2.05, 4.69) is 38.6 Å². The summed E-state index contributed by atoms with van der Waals surface area (Å²) in [4.78, 5) is 28.2. The first-order valence-electron chi connectivity index (χ1n) is 10.6. The third-order valence-corrected chi connectivity index (χ3v) is 5.99. The molecule has 3 aromatic rings. The standard InChI is InChI=1S/C22H23ClN8O2/c1-22(5-7-24-8-6-22)30-18-11-17(26-15-4-2-3-14(23)10-15)28-19-13(12-25-31(18)19)9-16-20(32)29-21(33)27-16/h2-4,9-12,24,30H,5-8H2,1H3,(H,26,28)(H2,27,29,32,33)/b16-9-. The molecule has 2 fully saturated rings. The van der Waals surface area contributed by atoms with Gasteiger partial charge in [0, 0.05) is 27.9 Å². The minimum Gasteiger partial charge on any atom is -0.365 e. The zero-order chi connectivity index (χ0) is 23.0. The van der Waals surface area contributed by atoms with E-state index in [1.165, 1.54) is 0 Å². The average Bonchev–Trinajstić information content (AvgIpc) is 3.31. The van der Waals surface area contributed by atoms with Crippen LogP contribution < -0.4 is 26.6 Å². The smallest absolute Gasteiger partial charge is 0.326 e. The van der Waals surface area contributed by atoms with Gasteiger partial charge in [0.25, 0.3) is 5.91 Å². The van der Waals surface area contributed by atoms with Crippen molar-refractivity contribution < 1.29 is 9.59 Å². The lowest BCUT2D eigenvalue weighted by Gasteiger charge is -2.36. The van der Waals surface area contributed by atoms with Crippen LogP contribution in [0.5, 0.6) is 0 Å². The third kappa shape index (κ3) is 4.48. The number of anilines is 3. The molecule has 4 heterocycles. The number of hydrogen-bond acceptors (Lipinski definition) is 7. The van der Waals surface area contributed by atoms with Gasteiger partial charge in [0.05, 0.1) is 6.20 Å². The van der Waals surface area contributed by atoms with Gasteiger partial charge >= 0.3 is 6.03 Å². The molecule has 1 aromatic carbocycles. The van der Waals surface area contributed by atoms with Gasteiger partial charge in [-0.05, 0) is 57.1 Å². The Hall–Kier alpha value is -3.63. The van der Waals surface area contributed by atoms with E-state index in [0.29, 0.717) is 22.1 Å². The topological polar surface area (TPSA) is 124 Å². The van der Waals surface area contributed by atoms with Crippen molar-refractivity contribution in [3.63, 3.8) is 0 Å². The normalized spacial score (nSPS) is 18.9. The molecule has 2 aliphatic rings. The van der Waals surface area contributed by atoms with E-state index >= 15 is 0 Å². The lowest BCUT2D eigenvalue weighted by atomic mass is 9.90. The van der Waals surface area contributed by atoms with Crippen LogP contribution >= 0.6 is 11.6 Å². The van der Waals surface area contributed by atoms with Crippen molar-refractivity contribution in [3.8, 4) is 0 Å². The molecule has 2 aromatic heterocycles. The van der Waals surface area contributed by atoms with Crippen molar-refractivity contribution in [2.24, 2.45) is 0 Å². The van der Waals surface area contributed by atoms with Gasteiger partial charge in [0.2, 0.25) is 0 Å². The molecule has 2 aliphatic heterocycles. The van der Waals surface area contributed by atoms with Crippen molar-refractivity contribution in [2.75, 3.05) is 23.7 Å². The van der Waals surface area contributed by atoms with Gasteiger partial charge in [-0.1, -0.05) is 17.7 Å². The van der Waals surface area contributed by atoms with Crippen molar-refractivity contribution in [1.29, 1.82) is 0 Å². The summed E-state index contributed by atoms with van der Waals surface area (Å²) in [6.45, 7) is 4.04. The molecule has 11 heteroatoms. The van der Waals surface area contributed by atoms with E-state index in [4.69, 9.17) is 16.6 Å². The van der Waals surface area contributed by atoms with E-state index in [0.717, 1.165) is 37.4 Å². The SMILES string of the molecule is CC1(Nc2cc(Nc3cccc(Cl)c3)nc3c(/C=C4\NC(=O)NC4=O)cnn23)CCNCC1. The van der Waals surface area contributed by atoms with Crippen LogP contribution in [0, 0.1) is 0 Å². The maximum atomic E-state index is 12.0. The summed E-state index contributed by atoms with van der Waals surface area (Å²) < 4.78 is 1.71. The predicted molar refractivity (Wildman–Crippen MR) is 127 cm³/mol. The lowest BCUT2D eigenvalue weighted by molar-refractivity contribution is -0.115. The number of halogens is 1. The van der Waals surface area contributed by atoms with Crippen LogP contribution in [0.4, 0.5) is 22.1 Å². The predicted octanol–water partition coefficient (Wildman–Crippen LogP) is 2.86. The minimum absolute atomic E-state index is 0.114. The number of amides is 3. The Morgan fingerprint density at radius 3 is 2.73 bits per heavy atom. The summed E-state index contributed by atoms with van der Waals surface area (Å²) in [7, 11) is 0. The molecule has 0 spiro atoms. The molecule has 0 atom stereocenters. The first-order chi connectivity index (χ1) is 15.9. The molecule has 3 amide bonds. The molecular weight excluding hydrogens is 444 g/mol. The summed E-state index contributed by atoms with van der Waals surface area (Å²) in [5.41, 5.74) is 1.94. The molecule has 33 heavy (non-hydrogen) atoms. The fourth-order valence-electron chi connectivity index (χ4n) is 4.00. The van der Waals surface area contributed by atoms with Crippen molar-refractivity contribution in [2.45, 2.75) is 25.3 Å². The van der Waals surface area contributed by atoms with Crippen LogP contribution in [0.25, 0.3) is 11.7 Å². The Kier molecular flexibility index (Phi) is 5.39. The zero-order valence-electron chi connectivity index (χ0n) is 17.9. The van der Waals surface area contributed by atoms with Crippen LogP contribution in [-0.4, -0.2) is 45.2 Å². The van der Waals surface area contributed by atoms with E-state index in [1.807, 2.05) is 24.3 Å². The number of imide groups is 1. The Bertz CT molecular complexity index is 1280. The number of carbonyl (C=O) groups excluding carboxylic acids is 2. The minimum atomic E-state index is -0.555. The Labute approximate surface area is 194 Å². The van der Waals surface area contributed by atoms with E-state index in [9.17, 15) is 9.59 Å². The monoisotopic (exact) mass is 466 g/mol. The highest BCUT2D eigenvalue weighted by molar-refractivity contribution is 6.30. The fraction of sp³-hybridized carbons (Fsp3) is 0.273. The molecule has 0 bridgehead atoms. The fourth-order valence-corrected chi connectivity index (χ4v) is 4.19. The molecule has 170 valence electrons. The van der Waals surface area contributed by atoms with Crippen LogP contribution in [0.3, 0.4) is 0 Å². The van der Waals surface area contributed by atoms with Gasteiger partial charge in [-0.2, -0.15) is 9.61 Å². The number of aromatic nitrogens is 3. The molecule has 0 aliphatic carbocycles. The number of hydrogen-bond donors (Lipinski definition) is 5. The highest BCUT2D eigenvalue weighted by atomic mass is 35.5. The van der Waals surface area contributed by atoms with Crippen molar-refractivity contribution in [1.82, 2.24) is 30.5 Å². The number of piperidine rings is 1. The number of urea groups is 1. The second-order valence-electron chi connectivity index (χ2n) is 8.40. The number of benzene rings is 1. The summed E-state index contributed by atoms with van der Waals surface area (Å²) in [5, 5.41) is 20.1. The van der Waals surface area contributed by atoms with Crippen LogP contribution in [-0.2, 0) is 4.79 Å². The number of carbonyl (C=O) groups is 2. The first kappa shape index (κ1) is 21.2. The molecular formula is C22H23ClN8O2. The highest BCUT2D eigenvalue weighted by Gasteiger charge is 2.28. The number of rotatable bonds is 5. The molecule has 0 radical (unpaired) electrons. The first-order valence-corrected chi connectivity index (χ1v) is 11.0. The average molecular weight is 467 g/mol. The Morgan fingerprint density at radius 2 is 2.00 bits per heavy atom. The largest absolute Gasteiger partial charge is 0.365 e. The van der Waals surface area contributed by atoms with Crippen LogP contribution in [0.1, 0.15) is 25.3 Å². The zero-order valence-corrected chi connectivity index (χ0v) is 18.7. The van der Waals surface area contributed by atoms with Gasteiger partial charge in [-0.25, -0.2) is 9.78 Å². The highest BCUT2D eigenvalue weighted by Crippen LogP contribution is 2.28. The van der Waals surface area contributed by atoms with Crippen molar-refractivity contribution >= 4 is 52.6 Å². The maximum absolute atomic E-state index is 12.0. The second-order valence-corrected chi connectivity index (χ2v) is 8.84. The molecule has 0 saturated carbocycles. The summed E-state index contributed by atoms with van der Waals surface area (Å²) >= 11 is 6.14. The summed E-state index contributed by atoms with van der Waals surface area (Å²) in [5.74, 6) is 0.858. The lowest BCUT2D eigenvalue weighted by Crippen LogP contribution is -2.45. The van der Waals surface area contributed by atoms with Crippen LogP contribution in [0.15, 0.2) is 42.2 Å². The van der Waals surface area contributed by atoms with E-state index in [1.54, 1.807) is 22.9 Å². The summed E-state index contributed by atoms with van der Waals surface area (Å²) in [6, 6.07) is 8.71. The van der Waals surface area contributed by atoms with Gasteiger partial charge in [0.15, 0.2) is 5.65 Å². The molecule has 2 saturated heterocycles. The second kappa shape index (κ2) is 8.38. The number of nitrogens with one attached hydrogen (secondary N) is 5. The molecule has 10 nitrogen and oxygen atoms in total. The van der Waals surface area contributed by atoms with E-state index < -0.39 is 11.9 Å². The van der Waals surface area contributed by atoms with Gasteiger partial charge in [0.1, 0.15) is 17.3 Å². The van der Waals surface area contributed by atoms with E-state index in [-0.39, 0.29) is 11.2 Å². The molecule has 0 unspecified atom stereocenters. The third-order valence-electron chi connectivity index (χ3n) is 5.75. The van der Waals surface area contributed by atoms with Crippen molar-refractivity contribution in [3.05, 3.63) is 52.8 Å². The number of nitrogens with zero attached hydrogens (tertiary/aromatic N) is 3. The molecule has 5 N–H and O–H groups in total.